The van der Waals surface area contributed by atoms with E-state index in [9.17, 15) is 13.2 Å². The highest BCUT2D eigenvalue weighted by Gasteiger charge is 2.29. The van der Waals surface area contributed by atoms with Gasteiger partial charge >= 0.3 is 5.97 Å². The molecule has 0 atom stereocenters. The molecule has 0 aromatic heterocycles. The lowest BCUT2D eigenvalue weighted by Crippen LogP contribution is -2.40. The van der Waals surface area contributed by atoms with Gasteiger partial charge in [0.25, 0.3) is 0 Å². The normalized spacial score (nSPS) is 15.5. The molecule has 0 spiro atoms. The number of carbonyl (C=O) groups excluding carboxylic acids is 1. The summed E-state index contributed by atoms with van der Waals surface area (Å²) < 4.78 is 38.3. The molecule has 0 unspecified atom stereocenters. The summed E-state index contributed by atoms with van der Waals surface area (Å²) in [4.78, 5) is 12.3. The number of benzene rings is 2. The number of hydrogen-bond acceptors (Lipinski definition) is 5. The van der Waals surface area contributed by atoms with Crippen molar-refractivity contribution in [1.82, 2.24) is 4.31 Å². The molecule has 6 nitrogen and oxygen atoms in total. The number of ether oxygens (including phenoxy) is 2. The first-order chi connectivity index (χ1) is 12.9. The molecule has 2 aromatic carbocycles. The SMILES string of the molecule is O=C(OCc1ccccc1Br)c1ccc(Cl)c(S(=O)(=O)N2CCOCC2)c1. The van der Waals surface area contributed by atoms with Gasteiger partial charge in [0.15, 0.2) is 0 Å². The van der Waals surface area contributed by atoms with Crippen LogP contribution in [0.1, 0.15) is 15.9 Å². The summed E-state index contributed by atoms with van der Waals surface area (Å²) >= 11 is 9.49. The van der Waals surface area contributed by atoms with E-state index in [0.29, 0.717) is 13.2 Å². The van der Waals surface area contributed by atoms with Crippen LogP contribution in [0.4, 0.5) is 0 Å². The van der Waals surface area contributed by atoms with Crippen molar-refractivity contribution in [3.05, 3.63) is 63.1 Å². The molecule has 2 aromatic rings. The lowest BCUT2D eigenvalue weighted by molar-refractivity contribution is 0.0471. The van der Waals surface area contributed by atoms with Crippen molar-refractivity contribution in [1.29, 1.82) is 0 Å². The highest BCUT2D eigenvalue weighted by atomic mass is 79.9. The zero-order chi connectivity index (χ0) is 19.4. The van der Waals surface area contributed by atoms with E-state index in [-0.39, 0.29) is 35.2 Å². The largest absolute Gasteiger partial charge is 0.457 e. The van der Waals surface area contributed by atoms with E-state index in [0.717, 1.165) is 10.0 Å². The van der Waals surface area contributed by atoms with Crippen molar-refractivity contribution in [3.8, 4) is 0 Å². The topological polar surface area (TPSA) is 72.9 Å². The van der Waals surface area contributed by atoms with E-state index >= 15 is 0 Å². The molecule has 1 heterocycles. The number of nitrogens with zero attached hydrogens (tertiary/aromatic N) is 1. The molecule has 1 aliphatic heterocycles. The average Bonchev–Trinajstić information content (AvgIpc) is 2.68. The second-order valence-corrected chi connectivity index (χ2v) is 9.00. The van der Waals surface area contributed by atoms with Gasteiger partial charge in [0, 0.05) is 23.1 Å². The molecule has 1 saturated heterocycles. The third kappa shape index (κ3) is 4.70. The van der Waals surface area contributed by atoms with Crippen LogP contribution in [-0.2, 0) is 26.1 Å². The first-order valence-electron chi connectivity index (χ1n) is 8.17. The van der Waals surface area contributed by atoms with E-state index in [1.807, 2.05) is 24.3 Å². The van der Waals surface area contributed by atoms with Crippen LogP contribution in [-0.4, -0.2) is 45.0 Å². The van der Waals surface area contributed by atoms with Crippen LogP contribution in [0.3, 0.4) is 0 Å². The summed E-state index contributed by atoms with van der Waals surface area (Å²) in [7, 11) is -3.82. The predicted molar refractivity (Wildman–Crippen MR) is 104 cm³/mol. The third-order valence-electron chi connectivity index (χ3n) is 4.07. The quantitative estimate of drug-likeness (QED) is 0.620. The van der Waals surface area contributed by atoms with Gasteiger partial charge in [-0.15, -0.1) is 0 Å². The van der Waals surface area contributed by atoms with E-state index in [2.05, 4.69) is 15.9 Å². The Morgan fingerprint density at radius 1 is 1.19 bits per heavy atom. The molecule has 0 bridgehead atoms. The van der Waals surface area contributed by atoms with Crippen LogP contribution >= 0.6 is 27.5 Å². The molecule has 0 aliphatic carbocycles. The van der Waals surface area contributed by atoms with Gasteiger partial charge in [0.05, 0.1) is 23.8 Å². The van der Waals surface area contributed by atoms with E-state index in [1.165, 1.54) is 22.5 Å². The van der Waals surface area contributed by atoms with Crippen molar-refractivity contribution in [2.24, 2.45) is 0 Å². The van der Waals surface area contributed by atoms with E-state index in [1.54, 1.807) is 0 Å². The maximum Gasteiger partial charge on any atom is 0.338 e. The molecular formula is C18H17BrClNO5S. The Morgan fingerprint density at radius 3 is 2.59 bits per heavy atom. The molecule has 27 heavy (non-hydrogen) atoms. The number of halogens is 2. The van der Waals surface area contributed by atoms with E-state index < -0.39 is 16.0 Å². The first kappa shape index (κ1) is 20.3. The Kier molecular flexibility index (Phi) is 6.54. The zero-order valence-electron chi connectivity index (χ0n) is 14.2. The van der Waals surface area contributed by atoms with Crippen molar-refractivity contribution >= 4 is 43.5 Å². The second-order valence-electron chi connectivity index (χ2n) is 5.83. The molecule has 1 aliphatic rings. The molecule has 9 heteroatoms. The van der Waals surface area contributed by atoms with Crippen LogP contribution in [0.15, 0.2) is 51.8 Å². The average molecular weight is 475 g/mol. The number of rotatable bonds is 5. The fourth-order valence-electron chi connectivity index (χ4n) is 2.60. The fraction of sp³-hybridized carbons (Fsp3) is 0.278. The van der Waals surface area contributed by atoms with Crippen molar-refractivity contribution < 1.29 is 22.7 Å². The number of sulfonamides is 1. The number of morpholine rings is 1. The molecule has 0 N–H and O–H groups in total. The van der Waals surface area contributed by atoms with E-state index in [4.69, 9.17) is 21.1 Å². The molecular weight excluding hydrogens is 458 g/mol. The summed E-state index contributed by atoms with van der Waals surface area (Å²) in [5.41, 5.74) is 0.930. The molecule has 0 amide bonds. The Labute approximate surface area is 171 Å². The predicted octanol–water partition coefficient (Wildman–Crippen LogP) is 3.48. The zero-order valence-corrected chi connectivity index (χ0v) is 17.4. The molecule has 3 rings (SSSR count). The highest BCUT2D eigenvalue weighted by Crippen LogP contribution is 2.27. The highest BCUT2D eigenvalue weighted by molar-refractivity contribution is 9.10. The second kappa shape index (κ2) is 8.70. The summed E-state index contributed by atoms with van der Waals surface area (Å²) in [6.45, 7) is 1.20. The van der Waals surface area contributed by atoms with Gasteiger partial charge in [-0.05, 0) is 24.3 Å². The Balaban J connectivity index is 1.80. The maximum absolute atomic E-state index is 12.8. The Morgan fingerprint density at radius 2 is 1.89 bits per heavy atom. The van der Waals surface area contributed by atoms with Crippen LogP contribution in [0, 0.1) is 0 Å². The third-order valence-corrected chi connectivity index (χ3v) is 7.23. The van der Waals surface area contributed by atoms with Crippen LogP contribution < -0.4 is 0 Å². The molecule has 0 saturated carbocycles. The van der Waals surface area contributed by atoms with Gasteiger partial charge in [-0.25, -0.2) is 13.2 Å². The van der Waals surface area contributed by atoms with Crippen LogP contribution in [0.2, 0.25) is 5.02 Å². The number of carbonyl (C=O) groups is 1. The molecule has 0 radical (unpaired) electrons. The molecule has 1 fully saturated rings. The van der Waals surface area contributed by atoms with Crippen LogP contribution in [0.5, 0.6) is 0 Å². The smallest absolute Gasteiger partial charge is 0.338 e. The van der Waals surface area contributed by atoms with Crippen LogP contribution in [0.25, 0.3) is 0 Å². The Hall–Kier alpha value is -1.45. The van der Waals surface area contributed by atoms with Crippen molar-refractivity contribution in [3.63, 3.8) is 0 Å². The van der Waals surface area contributed by atoms with Gasteiger partial charge < -0.3 is 9.47 Å². The summed E-state index contributed by atoms with van der Waals surface area (Å²) in [6.07, 6.45) is 0. The minimum atomic E-state index is -3.82. The van der Waals surface area contributed by atoms with Gasteiger partial charge in [0.1, 0.15) is 11.5 Å². The summed E-state index contributed by atoms with van der Waals surface area (Å²) in [5.74, 6) is -0.624. The first-order valence-corrected chi connectivity index (χ1v) is 10.8. The standard InChI is InChI=1S/C18H17BrClNO5S/c19-15-4-2-1-3-14(15)12-26-18(22)13-5-6-16(20)17(11-13)27(23,24)21-7-9-25-10-8-21/h1-6,11H,7-10,12H2. The Bertz CT molecular complexity index is 945. The number of esters is 1. The van der Waals surface area contributed by atoms with Gasteiger partial charge in [0.2, 0.25) is 10.0 Å². The van der Waals surface area contributed by atoms with Crippen molar-refractivity contribution in [2.45, 2.75) is 11.5 Å². The van der Waals surface area contributed by atoms with Gasteiger partial charge in [-0.2, -0.15) is 4.31 Å². The van der Waals surface area contributed by atoms with Gasteiger partial charge in [-0.1, -0.05) is 45.7 Å². The van der Waals surface area contributed by atoms with Gasteiger partial charge in [-0.3, -0.25) is 0 Å². The minimum absolute atomic E-state index is 0.0591. The summed E-state index contributed by atoms with van der Waals surface area (Å²) in [5, 5.41) is 0.0591. The maximum atomic E-state index is 12.8. The number of hydrogen-bond donors (Lipinski definition) is 0. The summed E-state index contributed by atoms with van der Waals surface area (Å²) in [6, 6.07) is 11.5. The van der Waals surface area contributed by atoms with Crippen molar-refractivity contribution in [2.75, 3.05) is 26.3 Å². The lowest BCUT2D eigenvalue weighted by atomic mass is 10.2. The lowest BCUT2D eigenvalue weighted by Gasteiger charge is -2.26. The monoisotopic (exact) mass is 473 g/mol. The minimum Gasteiger partial charge on any atom is -0.457 e. The molecule has 144 valence electrons. The fourth-order valence-corrected chi connectivity index (χ4v) is 4.90.